The fraction of sp³-hybridized carbons (Fsp3) is 0.400. The molecule has 1 aromatic carbocycles. The van der Waals surface area contributed by atoms with Gasteiger partial charge in [0.15, 0.2) is 0 Å². The number of hydrogen-bond acceptors (Lipinski definition) is 3. The van der Waals surface area contributed by atoms with Crippen molar-refractivity contribution in [3.63, 3.8) is 0 Å². The van der Waals surface area contributed by atoms with Crippen LogP contribution in [0.1, 0.15) is 22.8 Å². The number of carbonyl (C=O) groups excluding carboxylic acids is 1. The highest BCUT2D eigenvalue weighted by atomic mass is 32.2. The van der Waals surface area contributed by atoms with Crippen LogP contribution in [0.3, 0.4) is 0 Å². The first-order chi connectivity index (χ1) is 9.20. The lowest BCUT2D eigenvalue weighted by Crippen LogP contribution is -2.41. The molecule has 1 atom stereocenters. The van der Waals surface area contributed by atoms with Crippen molar-refractivity contribution >= 4 is 17.7 Å². The quantitative estimate of drug-likeness (QED) is 0.792. The van der Waals surface area contributed by atoms with Gasteiger partial charge in [-0.05, 0) is 18.2 Å². The maximum absolute atomic E-state index is 12.4. The molecule has 0 aliphatic carbocycles. The summed E-state index contributed by atoms with van der Waals surface area (Å²) in [5, 5.41) is 9.18. The average Bonchev–Trinajstić information content (AvgIpc) is 2.44. The molecule has 1 aliphatic rings. The minimum atomic E-state index is -0.168. The van der Waals surface area contributed by atoms with Crippen LogP contribution in [0, 0.1) is 11.8 Å². The summed E-state index contributed by atoms with van der Waals surface area (Å²) in [7, 11) is 0. The number of rotatable bonds is 1. The topological polar surface area (TPSA) is 40.5 Å². The molecule has 100 valence electrons. The van der Waals surface area contributed by atoms with Crippen LogP contribution in [0.25, 0.3) is 0 Å². The fourth-order valence-corrected chi connectivity index (χ4v) is 3.07. The summed E-state index contributed by atoms with van der Waals surface area (Å²) in [4.78, 5) is 14.3. The van der Waals surface area contributed by atoms with Crippen LogP contribution >= 0.6 is 11.8 Å². The van der Waals surface area contributed by atoms with Crippen molar-refractivity contribution in [1.82, 2.24) is 4.90 Å². The Morgan fingerprint density at radius 1 is 1.58 bits per heavy atom. The Morgan fingerprint density at radius 2 is 2.42 bits per heavy atom. The zero-order valence-electron chi connectivity index (χ0n) is 10.9. The molecule has 0 saturated carbocycles. The summed E-state index contributed by atoms with van der Waals surface area (Å²) in [5.74, 6) is 6.49. The predicted molar refractivity (Wildman–Crippen MR) is 78.2 cm³/mol. The molecule has 1 heterocycles. The van der Waals surface area contributed by atoms with Crippen molar-refractivity contribution in [3.8, 4) is 11.8 Å². The van der Waals surface area contributed by atoms with E-state index in [0.717, 1.165) is 24.4 Å². The lowest BCUT2D eigenvalue weighted by Gasteiger charge is -2.30. The minimum absolute atomic E-state index is 0.0693. The molecule has 1 aliphatic heterocycles. The zero-order chi connectivity index (χ0) is 13.7. The third kappa shape index (κ3) is 3.76. The van der Waals surface area contributed by atoms with Gasteiger partial charge in [0, 0.05) is 35.2 Å². The van der Waals surface area contributed by atoms with Crippen molar-refractivity contribution in [2.75, 3.05) is 25.4 Å². The number of carbonyl (C=O) groups is 1. The lowest BCUT2D eigenvalue weighted by atomic mass is 10.1. The normalized spacial score (nSPS) is 18.6. The van der Waals surface area contributed by atoms with Gasteiger partial charge in [0.2, 0.25) is 0 Å². The van der Waals surface area contributed by atoms with Gasteiger partial charge in [-0.1, -0.05) is 24.8 Å². The molecular formula is C15H17NO2S. The Kier molecular flexibility index (Phi) is 4.89. The van der Waals surface area contributed by atoms with Crippen LogP contribution in [0.2, 0.25) is 0 Å². The Labute approximate surface area is 118 Å². The van der Waals surface area contributed by atoms with Gasteiger partial charge in [-0.2, -0.15) is 11.8 Å². The molecule has 1 unspecified atom stereocenters. The van der Waals surface area contributed by atoms with Crippen LogP contribution < -0.4 is 0 Å². The maximum atomic E-state index is 12.4. The molecule has 0 radical (unpaired) electrons. The van der Waals surface area contributed by atoms with Gasteiger partial charge in [-0.25, -0.2) is 0 Å². The van der Waals surface area contributed by atoms with Gasteiger partial charge < -0.3 is 10.0 Å². The number of benzene rings is 1. The first kappa shape index (κ1) is 14.0. The van der Waals surface area contributed by atoms with E-state index in [2.05, 4.69) is 18.8 Å². The van der Waals surface area contributed by atoms with E-state index in [1.807, 2.05) is 34.9 Å². The summed E-state index contributed by atoms with van der Waals surface area (Å²) < 4.78 is 0. The number of hydrogen-bond donors (Lipinski definition) is 1. The molecule has 0 aromatic heterocycles. The van der Waals surface area contributed by atoms with Gasteiger partial charge in [0.1, 0.15) is 6.61 Å². The van der Waals surface area contributed by atoms with Crippen molar-refractivity contribution in [1.29, 1.82) is 0 Å². The van der Waals surface area contributed by atoms with E-state index in [9.17, 15) is 4.79 Å². The SMILES string of the molecule is CC1CN(C(=O)c2cccc(C#CCO)c2)CCS1. The highest BCUT2D eigenvalue weighted by Crippen LogP contribution is 2.19. The summed E-state index contributed by atoms with van der Waals surface area (Å²) >= 11 is 1.90. The van der Waals surface area contributed by atoms with E-state index < -0.39 is 0 Å². The van der Waals surface area contributed by atoms with E-state index >= 15 is 0 Å². The number of aliphatic hydroxyl groups excluding tert-OH is 1. The molecule has 1 fully saturated rings. The molecule has 1 saturated heterocycles. The van der Waals surface area contributed by atoms with Gasteiger partial charge in [-0.3, -0.25) is 4.79 Å². The third-order valence-corrected chi connectivity index (χ3v) is 4.09. The van der Waals surface area contributed by atoms with Crippen molar-refractivity contribution in [2.24, 2.45) is 0 Å². The molecule has 1 N–H and O–H groups in total. The highest BCUT2D eigenvalue weighted by Gasteiger charge is 2.22. The van der Waals surface area contributed by atoms with Crippen LogP contribution in [0.15, 0.2) is 24.3 Å². The molecule has 1 amide bonds. The van der Waals surface area contributed by atoms with Crippen molar-refractivity contribution in [2.45, 2.75) is 12.2 Å². The average molecular weight is 275 g/mol. The molecule has 3 nitrogen and oxygen atoms in total. The van der Waals surface area contributed by atoms with E-state index in [1.165, 1.54) is 0 Å². The molecule has 1 aromatic rings. The predicted octanol–water partition coefficient (Wildman–Crippen LogP) is 1.61. The Bertz CT molecular complexity index is 518. The van der Waals surface area contributed by atoms with Crippen LogP contribution in [-0.4, -0.2) is 46.6 Å². The summed E-state index contributed by atoms with van der Waals surface area (Å²) in [6.07, 6.45) is 0. The van der Waals surface area contributed by atoms with Crippen LogP contribution in [0.5, 0.6) is 0 Å². The monoisotopic (exact) mass is 275 g/mol. The summed E-state index contributed by atoms with van der Waals surface area (Å²) in [5.41, 5.74) is 1.43. The molecule has 0 spiro atoms. The van der Waals surface area contributed by atoms with Gasteiger partial charge in [0.05, 0.1) is 0 Å². The van der Waals surface area contributed by atoms with Crippen molar-refractivity contribution in [3.05, 3.63) is 35.4 Å². The number of amides is 1. The third-order valence-electron chi connectivity index (χ3n) is 2.95. The molecule has 19 heavy (non-hydrogen) atoms. The summed E-state index contributed by atoms with van der Waals surface area (Å²) in [6.45, 7) is 3.59. The number of nitrogens with zero attached hydrogens (tertiary/aromatic N) is 1. The molecule has 2 rings (SSSR count). The van der Waals surface area contributed by atoms with Crippen LogP contribution in [-0.2, 0) is 0 Å². The van der Waals surface area contributed by atoms with E-state index in [4.69, 9.17) is 5.11 Å². The van der Waals surface area contributed by atoms with E-state index in [1.54, 1.807) is 6.07 Å². The van der Waals surface area contributed by atoms with E-state index in [0.29, 0.717) is 10.8 Å². The Morgan fingerprint density at radius 3 is 3.16 bits per heavy atom. The van der Waals surface area contributed by atoms with Gasteiger partial charge in [-0.15, -0.1) is 0 Å². The second kappa shape index (κ2) is 6.65. The minimum Gasteiger partial charge on any atom is -0.384 e. The van der Waals surface area contributed by atoms with E-state index in [-0.39, 0.29) is 12.5 Å². The first-order valence-electron chi connectivity index (χ1n) is 6.31. The van der Waals surface area contributed by atoms with Crippen LogP contribution in [0.4, 0.5) is 0 Å². The zero-order valence-corrected chi connectivity index (χ0v) is 11.7. The highest BCUT2D eigenvalue weighted by molar-refractivity contribution is 7.99. The standard InChI is InChI=1S/C15H17NO2S/c1-12-11-16(7-9-19-12)15(18)14-6-2-4-13(10-14)5-3-8-17/h2,4,6,10,12,17H,7-9,11H2,1H3. The molecular weight excluding hydrogens is 258 g/mol. The van der Waals surface area contributed by atoms with Gasteiger partial charge in [0.25, 0.3) is 5.91 Å². The smallest absolute Gasteiger partial charge is 0.253 e. The lowest BCUT2D eigenvalue weighted by molar-refractivity contribution is 0.0763. The largest absolute Gasteiger partial charge is 0.384 e. The molecule has 4 heteroatoms. The maximum Gasteiger partial charge on any atom is 0.253 e. The second-order valence-electron chi connectivity index (χ2n) is 4.47. The number of aliphatic hydroxyl groups is 1. The summed E-state index contributed by atoms with van der Waals surface area (Å²) in [6, 6.07) is 7.28. The first-order valence-corrected chi connectivity index (χ1v) is 7.36. The Hall–Kier alpha value is -1.44. The van der Waals surface area contributed by atoms with Crippen molar-refractivity contribution < 1.29 is 9.90 Å². The molecule has 0 bridgehead atoms. The second-order valence-corrected chi connectivity index (χ2v) is 6.02. The number of thioether (sulfide) groups is 1. The van der Waals surface area contributed by atoms with Gasteiger partial charge >= 0.3 is 0 Å². The fourth-order valence-electron chi connectivity index (χ4n) is 2.06. The Balaban J connectivity index is 2.14.